The summed E-state index contributed by atoms with van der Waals surface area (Å²) < 4.78 is 18.3. The van der Waals surface area contributed by atoms with Crippen molar-refractivity contribution in [1.29, 1.82) is 0 Å². The Bertz CT molecular complexity index is 2150. The smallest absolute Gasteiger partial charge is 0.269 e. The Labute approximate surface area is 268 Å². The van der Waals surface area contributed by atoms with E-state index in [0.717, 1.165) is 33.6 Å². The number of carbonyl (C=O) groups excluding carboxylic acids is 2. The molecule has 6 aromatic rings. The molecule has 1 saturated heterocycles. The molecule has 7 rings (SSSR count). The summed E-state index contributed by atoms with van der Waals surface area (Å²) >= 11 is 0. The van der Waals surface area contributed by atoms with Crippen molar-refractivity contribution in [2.45, 2.75) is 38.3 Å². The summed E-state index contributed by atoms with van der Waals surface area (Å²) in [6.07, 6.45) is 0.482. The van der Waals surface area contributed by atoms with Gasteiger partial charge in [0, 0.05) is 30.0 Å². The van der Waals surface area contributed by atoms with Crippen molar-refractivity contribution in [3.05, 3.63) is 90.4 Å². The topological polar surface area (TPSA) is 157 Å². The zero-order valence-corrected chi connectivity index (χ0v) is 25.7. The molecule has 1 fully saturated rings. The van der Waals surface area contributed by atoms with Gasteiger partial charge in [-0.3, -0.25) is 14.3 Å². The minimum absolute atomic E-state index is 0.00762. The van der Waals surface area contributed by atoms with Gasteiger partial charge in [0.1, 0.15) is 30.3 Å². The number of nitrogens with two attached hydrogens (primary N) is 1. The lowest BCUT2D eigenvalue weighted by atomic mass is 10.0. The average molecular weight is 634 g/mol. The van der Waals surface area contributed by atoms with Crippen molar-refractivity contribution in [3.8, 4) is 22.5 Å². The van der Waals surface area contributed by atoms with Crippen molar-refractivity contribution < 1.29 is 19.1 Å². The molecule has 12 nitrogen and oxygen atoms in total. The van der Waals surface area contributed by atoms with Crippen LogP contribution in [0.4, 0.5) is 10.1 Å². The highest BCUT2D eigenvalue weighted by atomic mass is 19.1. The van der Waals surface area contributed by atoms with Crippen LogP contribution in [-0.4, -0.2) is 76.3 Å². The Hall–Kier alpha value is -5.69. The molecule has 47 heavy (non-hydrogen) atoms. The van der Waals surface area contributed by atoms with Crippen LogP contribution in [-0.2, 0) is 18.4 Å². The number of halogens is 1. The molecule has 0 aliphatic carbocycles. The van der Waals surface area contributed by atoms with E-state index in [9.17, 15) is 19.1 Å². The minimum atomic E-state index is -1.33. The third kappa shape index (κ3) is 5.44. The van der Waals surface area contributed by atoms with Crippen LogP contribution in [0.5, 0.6) is 0 Å². The van der Waals surface area contributed by atoms with Gasteiger partial charge in [0.05, 0.1) is 41.7 Å². The van der Waals surface area contributed by atoms with Gasteiger partial charge in [-0.05, 0) is 48.4 Å². The molecule has 3 aromatic heterocycles. The number of hydrogen-bond acceptors (Lipinski definition) is 8. The molecule has 3 atom stereocenters. The average Bonchev–Trinajstić information content (AvgIpc) is 3.75. The molecule has 0 saturated carbocycles. The van der Waals surface area contributed by atoms with E-state index in [1.807, 2.05) is 61.0 Å². The van der Waals surface area contributed by atoms with Crippen LogP contribution in [0.25, 0.3) is 44.5 Å². The van der Waals surface area contributed by atoms with Crippen LogP contribution in [0.1, 0.15) is 22.5 Å². The molecule has 4 N–H and O–H groups in total. The first-order valence-corrected chi connectivity index (χ1v) is 15.2. The van der Waals surface area contributed by atoms with Crippen LogP contribution >= 0.6 is 0 Å². The zero-order chi connectivity index (χ0) is 32.8. The van der Waals surface area contributed by atoms with Gasteiger partial charge in [0.25, 0.3) is 5.91 Å². The summed E-state index contributed by atoms with van der Waals surface area (Å²) in [6, 6.07) is 19.8. The first-order valence-electron chi connectivity index (χ1n) is 15.2. The number of aliphatic hydroxyl groups excluding tert-OH is 1. The van der Waals surface area contributed by atoms with Gasteiger partial charge in [-0.2, -0.15) is 15.3 Å². The van der Waals surface area contributed by atoms with Crippen molar-refractivity contribution in [2.75, 3.05) is 11.9 Å². The fraction of sp³-hybridized carbons (Fsp3) is 0.235. The number of anilines is 1. The summed E-state index contributed by atoms with van der Waals surface area (Å²) in [5, 5.41) is 27.0. The normalized spacial score (nSPS) is 17.0. The van der Waals surface area contributed by atoms with E-state index < -0.39 is 30.3 Å². The first kappa shape index (κ1) is 30.0. The Balaban J connectivity index is 1.15. The van der Waals surface area contributed by atoms with Crippen LogP contribution in [0.2, 0.25) is 0 Å². The van der Waals surface area contributed by atoms with Gasteiger partial charge >= 0.3 is 0 Å². The second-order valence-electron chi connectivity index (χ2n) is 11.8. The number of likely N-dealkylation sites (tertiary alicyclic amines) is 1. The van der Waals surface area contributed by atoms with Gasteiger partial charge < -0.3 is 25.6 Å². The lowest BCUT2D eigenvalue weighted by Crippen LogP contribution is -2.47. The maximum atomic E-state index is 14.9. The molecule has 0 radical (unpaired) electrons. The van der Waals surface area contributed by atoms with E-state index in [-0.39, 0.29) is 25.2 Å². The van der Waals surface area contributed by atoms with Crippen molar-refractivity contribution in [3.63, 3.8) is 0 Å². The third-order valence-corrected chi connectivity index (χ3v) is 8.76. The largest absolute Gasteiger partial charge is 0.372 e. The molecule has 1 aliphatic heterocycles. The minimum Gasteiger partial charge on any atom is -0.372 e. The summed E-state index contributed by atoms with van der Waals surface area (Å²) in [5.41, 5.74) is 11.8. The number of nitrogens with zero attached hydrogens (tertiary/aromatic N) is 7. The number of aromatic nitrogens is 6. The number of primary amides is 1. The Morgan fingerprint density at radius 2 is 1.89 bits per heavy atom. The highest BCUT2D eigenvalue weighted by Crippen LogP contribution is 2.32. The van der Waals surface area contributed by atoms with Gasteiger partial charge in [0.2, 0.25) is 5.91 Å². The fourth-order valence-corrected chi connectivity index (χ4v) is 6.39. The molecule has 0 bridgehead atoms. The Morgan fingerprint density at radius 1 is 1.06 bits per heavy atom. The number of rotatable bonds is 8. The molecular weight excluding hydrogens is 601 g/mol. The van der Waals surface area contributed by atoms with E-state index in [1.54, 1.807) is 36.7 Å². The Kier molecular flexibility index (Phi) is 7.60. The van der Waals surface area contributed by atoms with Crippen molar-refractivity contribution in [2.24, 2.45) is 12.8 Å². The number of hydrogen-bond donors (Lipinski definition) is 3. The van der Waals surface area contributed by atoms with E-state index in [4.69, 9.17) is 10.7 Å². The fourth-order valence-electron chi connectivity index (χ4n) is 6.39. The first-order chi connectivity index (χ1) is 22.7. The lowest BCUT2D eigenvalue weighted by molar-refractivity contribution is -0.134. The quantitative estimate of drug-likeness (QED) is 0.214. The van der Waals surface area contributed by atoms with Gasteiger partial charge in [-0.15, -0.1) is 0 Å². The summed E-state index contributed by atoms with van der Waals surface area (Å²) in [7, 11) is 1.93. The SMILES string of the molecule is Cc1ccccc1-c1nc2c(NC(O)C3CC(F)CN3C(=O)Cn3nc(C(N)=O)c4cc(-c5ccnnc5)ccc43)cccc2n1C. The summed E-state index contributed by atoms with van der Waals surface area (Å²) in [4.78, 5) is 32.2. The second-order valence-corrected chi connectivity index (χ2v) is 11.8. The van der Waals surface area contributed by atoms with Crippen molar-refractivity contribution in [1.82, 2.24) is 34.4 Å². The number of aliphatic hydroxyl groups is 1. The number of fused-ring (bicyclic) bond motifs is 2. The molecule has 2 amide bonds. The Morgan fingerprint density at radius 3 is 2.66 bits per heavy atom. The molecule has 0 spiro atoms. The number of imidazole rings is 1. The zero-order valence-electron chi connectivity index (χ0n) is 25.7. The summed E-state index contributed by atoms with van der Waals surface area (Å²) in [6.45, 7) is 1.55. The van der Waals surface area contributed by atoms with Crippen LogP contribution < -0.4 is 11.1 Å². The third-order valence-electron chi connectivity index (χ3n) is 8.76. The molecule has 4 heterocycles. The summed E-state index contributed by atoms with van der Waals surface area (Å²) in [5.74, 6) is -0.436. The maximum Gasteiger partial charge on any atom is 0.269 e. The van der Waals surface area contributed by atoms with E-state index >= 15 is 0 Å². The number of alkyl halides is 1. The van der Waals surface area contributed by atoms with Crippen molar-refractivity contribution >= 4 is 39.4 Å². The number of nitrogens with one attached hydrogen (secondary N) is 1. The van der Waals surface area contributed by atoms with Gasteiger partial charge in [0.15, 0.2) is 5.69 Å². The van der Waals surface area contributed by atoms with Crippen LogP contribution in [0.3, 0.4) is 0 Å². The molecule has 238 valence electrons. The van der Waals surface area contributed by atoms with E-state index in [0.29, 0.717) is 22.1 Å². The highest BCUT2D eigenvalue weighted by molar-refractivity contribution is 6.05. The predicted octanol–water partition coefficient (Wildman–Crippen LogP) is 3.82. The van der Waals surface area contributed by atoms with E-state index in [1.165, 1.54) is 9.58 Å². The molecule has 3 aromatic carbocycles. The monoisotopic (exact) mass is 633 g/mol. The van der Waals surface area contributed by atoms with Crippen LogP contribution in [0.15, 0.2) is 79.1 Å². The predicted molar refractivity (Wildman–Crippen MR) is 175 cm³/mol. The number of carbonyl (C=O) groups is 2. The highest BCUT2D eigenvalue weighted by Gasteiger charge is 2.40. The van der Waals surface area contributed by atoms with Gasteiger partial charge in [-0.25, -0.2) is 9.37 Å². The molecule has 13 heteroatoms. The number of para-hydroxylation sites is 1. The number of amides is 2. The number of aryl methyl sites for hydroxylation is 2. The maximum absolute atomic E-state index is 14.9. The van der Waals surface area contributed by atoms with Crippen LogP contribution in [0, 0.1) is 6.92 Å². The number of benzene rings is 3. The lowest BCUT2D eigenvalue weighted by Gasteiger charge is -2.29. The molecular formula is C34H32FN9O3. The second kappa shape index (κ2) is 11.9. The molecule has 1 aliphatic rings. The van der Waals surface area contributed by atoms with Gasteiger partial charge in [-0.1, -0.05) is 36.4 Å². The molecule has 3 unspecified atom stereocenters. The van der Waals surface area contributed by atoms with E-state index in [2.05, 4.69) is 20.6 Å². The standard InChI is InChI=1S/C34H32FN9O3/c1-19-6-3-4-7-23(19)33-40-31-25(8-5-9-27(31)42(33)2)39-34(47)28-15-22(35)17-43(28)29(45)18-44-26-11-10-20(21-12-13-37-38-16-21)14-24(26)30(41-44)32(36)46/h3-14,16,22,28,34,39,47H,15,17-18H2,1-2H3,(H2,36,46).